The summed E-state index contributed by atoms with van der Waals surface area (Å²) in [4.78, 5) is 17.6. The van der Waals surface area contributed by atoms with Crippen LogP contribution in [0.25, 0.3) is 10.9 Å². The number of thioether (sulfide) groups is 1. The minimum Gasteiger partial charge on any atom is -0.294 e. The van der Waals surface area contributed by atoms with Crippen LogP contribution in [0.3, 0.4) is 0 Å². The zero-order valence-corrected chi connectivity index (χ0v) is 14.3. The Morgan fingerprint density at radius 2 is 1.96 bits per heavy atom. The number of fused-ring (bicyclic) bond motifs is 1. The third kappa shape index (κ3) is 3.30. The van der Waals surface area contributed by atoms with E-state index in [2.05, 4.69) is 4.98 Å². The molecule has 24 heavy (non-hydrogen) atoms. The van der Waals surface area contributed by atoms with Gasteiger partial charge < -0.3 is 0 Å². The van der Waals surface area contributed by atoms with Gasteiger partial charge in [-0.2, -0.15) is 0 Å². The molecule has 0 radical (unpaired) electrons. The van der Waals surface area contributed by atoms with E-state index >= 15 is 0 Å². The Hall–Kier alpha value is -1.92. The lowest BCUT2D eigenvalue weighted by molar-refractivity contribution is 0.510. The maximum absolute atomic E-state index is 13.4. The van der Waals surface area contributed by atoms with Crippen LogP contribution < -0.4 is 5.56 Å². The van der Waals surface area contributed by atoms with Crippen LogP contribution in [0.5, 0.6) is 0 Å². The number of nitrogens with zero attached hydrogens (tertiary/aromatic N) is 2. The topological polar surface area (TPSA) is 34.9 Å². The molecule has 3 nitrogen and oxygen atoms in total. The van der Waals surface area contributed by atoms with Crippen LogP contribution in [0.2, 0.25) is 5.02 Å². The minimum atomic E-state index is -1.07. The van der Waals surface area contributed by atoms with Crippen LogP contribution in [-0.4, -0.2) is 15.3 Å². The average molecular weight is 367 g/mol. The summed E-state index contributed by atoms with van der Waals surface area (Å²) in [6.07, 6.45) is 1.34. The van der Waals surface area contributed by atoms with Gasteiger partial charge in [0.1, 0.15) is 0 Å². The SMILES string of the molecule is CCSc1ccc(Cl)cc1Cn1cnc2cc(F)c(F)cc2c1=O. The highest BCUT2D eigenvalue weighted by Crippen LogP contribution is 2.26. The molecule has 0 saturated heterocycles. The molecule has 0 atom stereocenters. The Balaban J connectivity index is 2.08. The van der Waals surface area contributed by atoms with Gasteiger partial charge in [0, 0.05) is 16.0 Å². The lowest BCUT2D eigenvalue weighted by Gasteiger charge is -2.11. The van der Waals surface area contributed by atoms with Crippen LogP contribution in [0.15, 0.2) is 46.3 Å². The van der Waals surface area contributed by atoms with Gasteiger partial charge in [0.25, 0.3) is 5.56 Å². The fraction of sp³-hybridized carbons (Fsp3) is 0.176. The second kappa shape index (κ2) is 6.91. The van der Waals surface area contributed by atoms with Gasteiger partial charge in [-0.15, -0.1) is 11.8 Å². The largest absolute Gasteiger partial charge is 0.294 e. The highest BCUT2D eigenvalue weighted by atomic mass is 35.5. The van der Waals surface area contributed by atoms with Gasteiger partial charge in [-0.05, 0) is 35.6 Å². The molecule has 124 valence electrons. The molecule has 3 rings (SSSR count). The molecule has 0 spiro atoms. The summed E-state index contributed by atoms with van der Waals surface area (Å²) in [7, 11) is 0. The Labute approximate surface area is 146 Å². The van der Waals surface area contributed by atoms with Gasteiger partial charge in [0.2, 0.25) is 0 Å². The zero-order chi connectivity index (χ0) is 17.3. The van der Waals surface area contributed by atoms with Crippen molar-refractivity contribution in [1.29, 1.82) is 0 Å². The van der Waals surface area contributed by atoms with Gasteiger partial charge in [-0.1, -0.05) is 18.5 Å². The molecule has 0 amide bonds. The average Bonchev–Trinajstić information content (AvgIpc) is 2.55. The van der Waals surface area contributed by atoms with E-state index in [9.17, 15) is 13.6 Å². The molecule has 3 aromatic rings. The van der Waals surface area contributed by atoms with Crippen molar-refractivity contribution >= 4 is 34.3 Å². The Morgan fingerprint density at radius 1 is 1.21 bits per heavy atom. The fourth-order valence-corrected chi connectivity index (χ4v) is 3.40. The maximum Gasteiger partial charge on any atom is 0.261 e. The third-order valence-electron chi connectivity index (χ3n) is 3.53. The summed E-state index contributed by atoms with van der Waals surface area (Å²) in [6, 6.07) is 7.30. The molecule has 0 unspecified atom stereocenters. The summed E-state index contributed by atoms with van der Waals surface area (Å²) in [6.45, 7) is 2.29. The first-order chi connectivity index (χ1) is 11.5. The molecule has 1 aromatic heterocycles. The quantitative estimate of drug-likeness (QED) is 0.638. The van der Waals surface area contributed by atoms with E-state index in [1.54, 1.807) is 23.9 Å². The summed E-state index contributed by atoms with van der Waals surface area (Å²) < 4.78 is 28.1. The normalized spacial score (nSPS) is 11.2. The van der Waals surface area contributed by atoms with Gasteiger partial charge in [0.05, 0.1) is 23.8 Å². The number of hydrogen-bond donors (Lipinski definition) is 0. The van der Waals surface area contributed by atoms with Crippen molar-refractivity contribution in [3.8, 4) is 0 Å². The van der Waals surface area contributed by atoms with Crippen LogP contribution in [0, 0.1) is 11.6 Å². The molecule has 7 heteroatoms. The van der Waals surface area contributed by atoms with E-state index in [0.29, 0.717) is 5.02 Å². The minimum absolute atomic E-state index is 0.0446. The number of rotatable bonds is 4. The molecular formula is C17H13ClF2N2OS. The third-order valence-corrected chi connectivity index (χ3v) is 4.76. The van der Waals surface area contributed by atoms with Crippen LogP contribution in [0.4, 0.5) is 8.78 Å². The summed E-state index contributed by atoms with van der Waals surface area (Å²) in [5.74, 6) is -1.21. The number of hydrogen-bond acceptors (Lipinski definition) is 3. The number of halogens is 3. The standard InChI is InChI=1S/C17H13ClF2N2OS/c1-2-24-16-4-3-11(18)5-10(16)8-22-9-21-15-7-14(20)13(19)6-12(15)17(22)23/h3-7,9H,2,8H2,1H3. The molecule has 0 aliphatic rings. The maximum atomic E-state index is 13.4. The number of aromatic nitrogens is 2. The lowest BCUT2D eigenvalue weighted by atomic mass is 10.2. The van der Waals surface area contributed by atoms with E-state index in [4.69, 9.17) is 11.6 Å². The lowest BCUT2D eigenvalue weighted by Crippen LogP contribution is -2.21. The molecule has 1 heterocycles. The predicted octanol–water partition coefficient (Wildman–Crippen LogP) is 4.49. The summed E-state index contributed by atoms with van der Waals surface area (Å²) in [5.41, 5.74) is 0.580. The van der Waals surface area contributed by atoms with Crippen molar-refractivity contribution in [1.82, 2.24) is 9.55 Å². The van der Waals surface area contributed by atoms with Gasteiger partial charge in [-0.3, -0.25) is 9.36 Å². The smallest absolute Gasteiger partial charge is 0.261 e. The highest BCUT2D eigenvalue weighted by molar-refractivity contribution is 7.99. The fourth-order valence-electron chi connectivity index (χ4n) is 2.42. The van der Waals surface area contributed by atoms with Crippen molar-refractivity contribution in [2.45, 2.75) is 18.4 Å². The van der Waals surface area contributed by atoms with Gasteiger partial charge in [0.15, 0.2) is 11.6 Å². The first-order valence-electron chi connectivity index (χ1n) is 7.25. The van der Waals surface area contributed by atoms with Gasteiger partial charge >= 0.3 is 0 Å². The molecule has 0 saturated carbocycles. The van der Waals surface area contributed by atoms with E-state index in [1.807, 2.05) is 13.0 Å². The van der Waals surface area contributed by atoms with E-state index in [-0.39, 0.29) is 17.4 Å². The Morgan fingerprint density at radius 3 is 2.71 bits per heavy atom. The van der Waals surface area contributed by atoms with Crippen LogP contribution in [0.1, 0.15) is 12.5 Å². The van der Waals surface area contributed by atoms with Crippen molar-refractivity contribution in [2.75, 3.05) is 5.75 Å². The molecule has 0 aliphatic heterocycles. The Bertz CT molecular complexity index is 975. The first kappa shape index (κ1) is 16.9. The molecule has 0 aliphatic carbocycles. The van der Waals surface area contributed by atoms with Crippen molar-refractivity contribution in [2.24, 2.45) is 0 Å². The monoisotopic (exact) mass is 366 g/mol. The van der Waals surface area contributed by atoms with Crippen molar-refractivity contribution in [3.05, 3.63) is 69.2 Å². The second-order valence-electron chi connectivity index (χ2n) is 5.15. The second-order valence-corrected chi connectivity index (χ2v) is 6.89. The van der Waals surface area contributed by atoms with Crippen molar-refractivity contribution in [3.63, 3.8) is 0 Å². The predicted molar refractivity (Wildman–Crippen MR) is 92.9 cm³/mol. The van der Waals surface area contributed by atoms with Gasteiger partial charge in [-0.25, -0.2) is 13.8 Å². The van der Waals surface area contributed by atoms with Crippen molar-refractivity contribution < 1.29 is 8.78 Å². The van der Waals surface area contributed by atoms with E-state index < -0.39 is 17.2 Å². The number of benzene rings is 2. The Kier molecular flexibility index (Phi) is 4.87. The summed E-state index contributed by atoms with van der Waals surface area (Å²) in [5, 5.41) is 0.614. The first-order valence-corrected chi connectivity index (χ1v) is 8.61. The molecule has 0 fully saturated rings. The highest BCUT2D eigenvalue weighted by Gasteiger charge is 2.11. The van der Waals surface area contributed by atoms with Crippen LogP contribution >= 0.6 is 23.4 Å². The molecule has 2 aromatic carbocycles. The summed E-state index contributed by atoms with van der Waals surface area (Å²) >= 11 is 7.69. The zero-order valence-electron chi connectivity index (χ0n) is 12.7. The van der Waals surface area contributed by atoms with E-state index in [0.717, 1.165) is 28.3 Å². The van der Waals surface area contributed by atoms with Crippen LogP contribution in [-0.2, 0) is 6.54 Å². The van der Waals surface area contributed by atoms with E-state index in [1.165, 1.54) is 10.9 Å². The molecular weight excluding hydrogens is 354 g/mol. The molecule has 0 N–H and O–H groups in total. The molecule has 0 bridgehead atoms.